The summed E-state index contributed by atoms with van der Waals surface area (Å²) in [5.74, 6) is -0.460. The van der Waals surface area contributed by atoms with Gasteiger partial charge in [-0.2, -0.15) is 0 Å². The summed E-state index contributed by atoms with van der Waals surface area (Å²) >= 11 is 6.57. The molecule has 176 valence electrons. The van der Waals surface area contributed by atoms with Crippen LogP contribution in [0.5, 0.6) is 11.5 Å². The second-order valence-electron chi connectivity index (χ2n) is 7.08. The second kappa shape index (κ2) is 11.1. The summed E-state index contributed by atoms with van der Waals surface area (Å²) in [5.41, 5.74) is 12.2. The Balaban J connectivity index is 1.90. The number of nitrogens with one attached hydrogen (secondary N) is 4. The number of rotatable bonds is 8. The molecule has 6 N–H and O–H groups in total. The van der Waals surface area contributed by atoms with Crippen LogP contribution in [-0.4, -0.2) is 31.9 Å². The molecule has 3 rings (SSSR count). The molecule has 3 aromatic carbocycles. The maximum Gasteiger partial charge on any atom is 0.269 e. The number of benzene rings is 3. The summed E-state index contributed by atoms with van der Waals surface area (Å²) in [6.07, 6.45) is 0. The highest BCUT2D eigenvalue weighted by Crippen LogP contribution is 2.40. The van der Waals surface area contributed by atoms with E-state index in [1.54, 1.807) is 66.7 Å². The molecule has 0 aliphatic rings. The molecule has 10 heteroatoms. The standard InChI is InChI=1S/C24H24ClN5O4/c1-33-18-13-12-17(19(25)21(18)34-2)20(28-16-10-8-14(9-11-16)22(26)27)24(32)30-29-23(31)15-6-4-3-5-7-15/h3-13,20,28H,1-2H3,(H3,26,27)(H,29,31)(H,30,32). The van der Waals surface area contributed by atoms with E-state index in [1.807, 2.05) is 0 Å². The molecular formula is C24H24ClN5O4. The molecule has 0 radical (unpaired) electrons. The first-order valence-corrected chi connectivity index (χ1v) is 10.5. The summed E-state index contributed by atoms with van der Waals surface area (Å²) < 4.78 is 10.6. The van der Waals surface area contributed by atoms with E-state index in [0.29, 0.717) is 28.1 Å². The zero-order valence-electron chi connectivity index (χ0n) is 18.5. The zero-order valence-corrected chi connectivity index (χ0v) is 19.3. The van der Waals surface area contributed by atoms with Crippen molar-refractivity contribution in [3.05, 3.63) is 88.4 Å². The maximum absolute atomic E-state index is 13.2. The van der Waals surface area contributed by atoms with E-state index in [1.165, 1.54) is 14.2 Å². The highest BCUT2D eigenvalue weighted by molar-refractivity contribution is 6.33. The van der Waals surface area contributed by atoms with Gasteiger partial charge in [0.15, 0.2) is 11.5 Å². The minimum atomic E-state index is -1.02. The number of ether oxygens (including phenoxy) is 2. The third kappa shape index (κ3) is 5.57. The molecule has 3 aromatic rings. The molecular weight excluding hydrogens is 458 g/mol. The number of hydrazine groups is 1. The van der Waals surface area contributed by atoms with Gasteiger partial charge >= 0.3 is 0 Å². The third-order valence-electron chi connectivity index (χ3n) is 4.93. The first-order chi connectivity index (χ1) is 16.3. The predicted octanol–water partition coefficient (Wildman–Crippen LogP) is 3.26. The Morgan fingerprint density at radius 3 is 2.18 bits per heavy atom. The number of nitrogen functional groups attached to an aromatic ring is 1. The average Bonchev–Trinajstić information content (AvgIpc) is 2.86. The third-order valence-corrected chi connectivity index (χ3v) is 5.32. The minimum absolute atomic E-state index is 0.0765. The Bertz CT molecular complexity index is 1190. The number of carbonyl (C=O) groups excluding carboxylic acids is 2. The van der Waals surface area contributed by atoms with Gasteiger partial charge in [-0.1, -0.05) is 35.9 Å². The Morgan fingerprint density at radius 1 is 0.912 bits per heavy atom. The summed E-state index contributed by atoms with van der Waals surface area (Å²) in [6.45, 7) is 0. The molecule has 34 heavy (non-hydrogen) atoms. The topological polar surface area (TPSA) is 139 Å². The Hall–Kier alpha value is -4.24. The Labute approximate surface area is 201 Å². The average molecular weight is 482 g/mol. The molecule has 0 aromatic heterocycles. The van der Waals surface area contributed by atoms with Crippen LogP contribution >= 0.6 is 11.6 Å². The first kappa shape index (κ1) is 24.4. The van der Waals surface area contributed by atoms with Gasteiger partial charge < -0.3 is 20.5 Å². The van der Waals surface area contributed by atoms with Crippen molar-refractivity contribution in [2.75, 3.05) is 19.5 Å². The number of hydrogen-bond donors (Lipinski definition) is 5. The lowest BCUT2D eigenvalue weighted by atomic mass is 10.0. The summed E-state index contributed by atoms with van der Waals surface area (Å²) in [4.78, 5) is 25.6. The smallest absolute Gasteiger partial charge is 0.269 e. The number of amidine groups is 1. The van der Waals surface area contributed by atoms with E-state index < -0.39 is 17.9 Å². The fourth-order valence-corrected chi connectivity index (χ4v) is 3.52. The molecule has 1 atom stereocenters. The maximum atomic E-state index is 13.2. The second-order valence-corrected chi connectivity index (χ2v) is 7.46. The number of nitrogens with two attached hydrogens (primary N) is 1. The van der Waals surface area contributed by atoms with Crippen LogP contribution < -0.4 is 31.4 Å². The number of halogens is 1. The molecule has 1 unspecified atom stereocenters. The van der Waals surface area contributed by atoms with Gasteiger partial charge in [0, 0.05) is 22.4 Å². The van der Waals surface area contributed by atoms with Crippen molar-refractivity contribution in [2.24, 2.45) is 5.73 Å². The molecule has 0 aliphatic carbocycles. The molecule has 0 fully saturated rings. The van der Waals surface area contributed by atoms with Crippen molar-refractivity contribution in [2.45, 2.75) is 6.04 Å². The van der Waals surface area contributed by atoms with Crippen molar-refractivity contribution in [1.29, 1.82) is 5.41 Å². The number of anilines is 1. The molecule has 0 spiro atoms. The minimum Gasteiger partial charge on any atom is -0.493 e. The van der Waals surface area contributed by atoms with E-state index in [4.69, 9.17) is 32.2 Å². The fourth-order valence-electron chi connectivity index (χ4n) is 3.18. The Morgan fingerprint density at radius 2 is 1.59 bits per heavy atom. The Kier molecular flexibility index (Phi) is 7.94. The van der Waals surface area contributed by atoms with Gasteiger partial charge in [0.25, 0.3) is 11.8 Å². The van der Waals surface area contributed by atoms with Crippen molar-refractivity contribution in [1.82, 2.24) is 10.9 Å². The van der Waals surface area contributed by atoms with Crippen LogP contribution in [0.15, 0.2) is 66.7 Å². The van der Waals surface area contributed by atoms with Crippen molar-refractivity contribution in [3.8, 4) is 11.5 Å². The van der Waals surface area contributed by atoms with Crippen LogP contribution in [0.25, 0.3) is 0 Å². The lowest BCUT2D eigenvalue weighted by molar-refractivity contribution is -0.122. The van der Waals surface area contributed by atoms with Crippen LogP contribution in [0.4, 0.5) is 5.69 Å². The lowest BCUT2D eigenvalue weighted by Gasteiger charge is -2.23. The first-order valence-electron chi connectivity index (χ1n) is 10.1. The SMILES string of the molecule is COc1ccc(C(Nc2ccc(C(=N)N)cc2)C(=O)NNC(=O)c2ccccc2)c(Cl)c1OC. The normalized spacial score (nSPS) is 11.1. The molecule has 0 saturated carbocycles. The molecule has 2 amide bonds. The highest BCUT2D eigenvalue weighted by atomic mass is 35.5. The van der Waals surface area contributed by atoms with E-state index in [2.05, 4.69) is 16.2 Å². The molecule has 0 bridgehead atoms. The van der Waals surface area contributed by atoms with Gasteiger partial charge in [0.1, 0.15) is 11.9 Å². The van der Waals surface area contributed by atoms with E-state index >= 15 is 0 Å². The van der Waals surface area contributed by atoms with E-state index in [9.17, 15) is 9.59 Å². The van der Waals surface area contributed by atoms with Crippen LogP contribution in [-0.2, 0) is 4.79 Å². The van der Waals surface area contributed by atoms with Crippen LogP contribution in [0.3, 0.4) is 0 Å². The van der Waals surface area contributed by atoms with Gasteiger partial charge in [-0.15, -0.1) is 0 Å². The zero-order chi connectivity index (χ0) is 24.7. The summed E-state index contributed by atoms with van der Waals surface area (Å²) in [7, 11) is 2.92. The molecule has 0 heterocycles. The fraction of sp³-hybridized carbons (Fsp3) is 0.125. The van der Waals surface area contributed by atoms with Crippen molar-refractivity contribution < 1.29 is 19.1 Å². The predicted molar refractivity (Wildman–Crippen MR) is 130 cm³/mol. The van der Waals surface area contributed by atoms with Gasteiger partial charge in [-0.3, -0.25) is 25.8 Å². The summed E-state index contributed by atoms with van der Waals surface area (Å²) in [6, 6.07) is 17.3. The number of hydrogen-bond acceptors (Lipinski definition) is 6. The monoisotopic (exact) mass is 481 g/mol. The van der Waals surface area contributed by atoms with E-state index in [0.717, 1.165) is 0 Å². The largest absolute Gasteiger partial charge is 0.493 e. The van der Waals surface area contributed by atoms with Gasteiger partial charge in [-0.05, 0) is 42.5 Å². The summed E-state index contributed by atoms with van der Waals surface area (Å²) in [5, 5.41) is 10.8. The van der Waals surface area contributed by atoms with Gasteiger partial charge in [0.2, 0.25) is 0 Å². The quantitative estimate of drug-likeness (QED) is 0.190. The van der Waals surface area contributed by atoms with Crippen LogP contribution in [0.2, 0.25) is 5.02 Å². The number of carbonyl (C=O) groups is 2. The number of methoxy groups -OCH3 is 2. The van der Waals surface area contributed by atoms with Crippen LogP contribution in [0.1, 0.15) is 27.5 Å². The lowest BCUT2D eigenvalue weighted by Crippen LogP contribution is -2.45. The van der Waals surface area contributed by atoms with Crippen molar-refractivity contribution in [3.63, 3.8) is 0 Å². The highest BCUT2D eigenvalue weighted by Gasteiger charge is 2.27. The molecule has 0 saturated heterocycles. The number of amides is 2. The van der Waals surface area contributed by atoms with Crippen LogP contribution in [0, 0.1) is 5.41 Å². The van der Waals surface area contributed by atoms with Gasteiger partial charge in [-0.25, -0.2) is 0 Å². The molecule has 0 aliphatic heterocycles. The van der Waals surface area contributed by atoms with E-state index in [-0.39, 0.29) is 16.6 Å². The molecule has 9 nitrogen and oxygen atoms in total. The van der Waals surface area contributed by atoms with Crippen molar-refractivity contribution >= 4 is 34.9 Å². The van der Waals surface area contributed by atoms with Gasteiger partial charge in [0.05, 0.1) is 19.2 Å².